The van der Waals surface area contributed by atoms with Gasteiger partial charge in [-0.05, 0) is 56.1 Å². The molecule has 0 heterocycles. The van der Waals surface area contributed by atoms with E-state index in [-0.39, 0.29) is 15.7 Å². The van der Waals surface area contributed by atoms with E-state index in [1.54, 1.807) is 0 Å². The molecule has 0 fully saturated rings. The predicted octanol–water partition coefficient (Wildman–Crippen LogP) is 5.40. The van der Waals surface area contributed by atoms with Crippen LogP contribution in [-0.2, 0) is 0 Å². The van der Waals surface area contributed by atoms with Crippen LogP contribution in [0, 0.1) is 11.6 Å². The van der Waals surface area contributed by atoms with Crippen molar-refractivity contribution in [2.45, 2.75) is 0 Å². The highest BCUT2D eigenvalue weighted by Crippen LogP contribution is 2.26. The van der Waals surface area contributed by atoms with Crippen LogP contribution in [0.2, 0.25) is 5.02 Å². The molecule has 2 aromatic carbocycles. The smallest absolute Gasteiger partial charge is 0.256 e. The topological polar surface area (TPSA) is 29.1 Å². The first-order valence-electron chi connectivity index (χ1n) is 5.29. The van der Waals surface area contributed by atoms with Crippen LogP contribution in [0.25, 0.3) is 0 Å². The number of carbonyl (C=O) groups is 1. The van der Waals surface area contributed by atoms with Gasteiger partial charge in [0.15, 0.2) is 0 Å². The first-order valence-corrected chi connectivity index (χ1v) is 7.26. The largest absolute Gasteiger partial charge is 0.319 e. The molecule has 0 aliphatic rings. The Morgan fingerprint density at radius 1 is 1.05 bits per heavy atom. The third-order valence-electron chi connectivity index (χ3n) is 2.43. The zero-order chi connectivity index (χ0) is 14.9. The van der Waals surface area contributed by atoms with Crippen LogP contribution < -0.4 is 5.32 Å². The number of carbonyl (C=O) groups excluding carboxylic acids is 1. The minimum atomic E-state index is -0.739. The van der Waals surface area contributed by atoms with Crippen molar-refractivity contribution in [1.82, 2.24) is 0 Å². The Morgan fingerprint density at radius 3 is 2.40 bits per heavy atom. The summed E-state index contributed by atoms with van der Waals surface area (Å²) in [6, 6.07) is 6.40. The van der Waals surface area contributed by atoms with Gasteiger partial charge in [-0.25, -0.2) is 8.78 Å². The zero-order valence-electron chi connectivity index (χ0n) is 9.68. The van der Waals surface area contributed by atoms with E-state index in [4.69, 9.17) is 11.6 Å². The van der Waals surface area contributed by atoms with Crippen molar-refractivity contribution in [2.75, 3.05) is 5.32 Å². The first kappa shape index (κ1) is 15.4. The molecular weight excluding hydrogens is 419 g/mol. The number of benzene rings is 2. The summed E-state index contributed by atoms with van der Waals surface area (Å²) >= 11 is 11.8. The van der Waals surface area contributed by atoms with Crippen molar-refractivity contribution in [3.05, 3.63) is 61.5 Å². The molecule has 1 amide bonds. The molecule has 7 heteroatoms. The molecule has 0 bridgehead atoms. The van der Waals surface area contributed by atoms with Gasteiger partial charge in [0, 0.05) is 15.6 Å². The summed E-state index contributed by atoms with van der Waals surface area (Å²) in [5, 5.41) is 2.76. The number of rotatable bonds is 2. The van der Waals surface area contributed by atoms with Gasteiger partial charge in [0.1, 0.15) is 11.6 Å². The van der Waals surface area contributed by atoms with Gasteiger partial charge in [0.2, 0.25) is 0 Å². The summed E-state index contributed by atoms with van der Waals surface area (Å²) in [5.74, 6) is -1.98. The fraction of sp³-hybridized carbons (Fsp3) is 0. The molecule has 2 aromatic rings. The average molecular weight is 425 g/mol. The Labute approximate surface area is 135 Å². The van der Waals surface area contributed by atoms with Crippen molar-refractivity contribution in [3.63, 3.8) is 0 Å². The fourth-order valence-corrected chi connectivity index (χ4v) is 2.66. The molecule has 0 aromatic heterocycles. The van der Waals surface area contributed by atoms with E-state index < -0.39 is 17.5 Å². The van der Waals surface area contributed by atoms with Gasteiger partial charge in [-0.1, -0.05) is 11.6 Å². The molecule has 0 radical (unpaired) electrons. The highest BCUT2D eigenvalue weighted by molar-refractivity contribution is 9.10. The summed E-state index contributed by atoms with van der Waals surface area (Å²) in [7, 11) is 0. The van der Waals surface area contributed by atoms with Crippen LogP contribution in [0.4, 0.5) is 14.5 Å². The van der Waals surface area contributed by atoms with Crippen LogP contribution in [0.15, 0.2) is 39.3 Å². The maximum Gasteiger partial charge on any atom is 0.256 e. The van der Waals surface area contributed by atoms with Gasteiger partial charge in [-0.2, -0.15) is 0 Å². The third-order valence-corrected chi connectivity index (χ3v) is 3.93. The molecule has 0 aliphatic heterocycles. The summed E-state index contributed by atoms with van der Waals surface area (Å²) in [5.41, 5.74) is 0.0228. The quantitative estimate of drug-likeness (QED) is 0.642. The second kappa shape index (κ2) is 6.20. The maximum atomic E-state index is 13.6. The van der Waals surface area contributed by atoms with Gasteiger partial charge in [-0.15, -0.1) is 0 Å². The van der Waals surface area contributed by atoms with Crippen molar-refractivity contribution in [3.8, 4) is 0 Å². The van der Waals surface area contributed by atoms with Crippen LogP contribution in [0.5, 0.6) is 0 Å². The molecule has 0 atom stereocenters. The molecule has 1 N–H and O–H groups in total. The van der Waals surface area contributed by atoms with Crippen LogP contribution in [0.3, 0.4) is 0 Å². The van der Waals surface area contributed by atoms with Gasteiger partial charge < -0.3 is 5.32 Å². The minimum absolute atomic E-state index is 0.0133. The molecule has 0 spiro atoms. The molecule has 104 valence electrons. The number of amides is 1. The van der Waals surface area contributed by atoms with Crippen molar-refractivity contribution >= 4 is 55.1 Å². The third kappa shape index (κ3) is 3.37. The lowest BCUT2D eigenvalue weighted by Crippen LogP contribution is -2.14. The van der Waals surface area contributed by atoms with Gasteiger partial charge in [0.25, 0.3) is 5.91 Å². The predicted molar refractivity (Wildman–Crippen MR) is 81.2 cm³/mol. The Morgan fingerprint density at radius 2 is 1.75 bits per heavy atom. The Hall–Kier alpha value is -0.980. The average Bonchev–Trinajstić information content (AvgIpc) is 2.35. The molecule has 2 nitrogen and oxygen atoms in total. The zero-order valence-corrected chi connectivity index (χ0v) is 13.6. The normalized spacial score (nSPS) is 10.4. The lowest BCUT2D eigenvalue weighted by molar-refractivity contribution is 0.102. The molecule has 0 saturated heterocycles. The molecule has 2 rings (SSSR count). The molecule has 0 aliphatic carbocycles. The SMILES string of the molecule is O=C(Nc1cc(F)c(Br)cc1F)c1ccc(Cl)cc1Br. The van der Waals surface area contributed by atoms with Crippen molar-refractivity contribution < 1.29 is 13.6 Å². The van der Waals surface area contributed by atoms with Crippen LogP contribution in [0.1, 0.15) is 10.4 Å². The number of anilines is 1. The van der Waals surface area contributed by atoms with E-state index in [9.17, 15) is 13.6 Å². The van der Waals surface area contributed by atoms with Gasteiger partial charge >= 0.3 is 0 Å². The highest BCUT2D eigenvalue weighted by Gasteiger charge is 2.14. The van der Waals surface area contributed by atoms with Crippen LogP contribution in [-0.4, -0.2) is 5.91 Å². The van der Waals surface area contributed by atoms with E-state index in [1.807, 2.05) is 0 Å². The first-order chi connectivity index (χ1) is 9.38. The molecule has 0 unspecified atom stereocenters. The molecular formula is C13H6Br2ClF2NO. The number of halogens is 5. The highest BCUT2D eigenvalue weighted by atomic mass is 79.9. The minimum Gasteiger partial charge on any atom is -0.319 e. The Kier molecular flexibility index (Phi) is 4.78. The molecule has 0 saturated carbocycles. The van der Waals surface area contributed by atoms with Crippen molar-refractivity contribution in [1.29, 1.82) is 0 Å². The fourth-order valence-electron chi connectivity index (χ4n) is 1.48. The molecule has 20 heavy (non-hydrogen) atoms. The standard InChI is InChI=1S/C13H6Br2ClF2NO/c14-8-3-6(16)1-2-7(8)13(20)19-12-5-10(17)9(15)4-11(12)18/h1-5H,(H,19,20). The van der Waals surface area contributed by atoms with E-state index in [0.717, 1.165) is 12.1 Å². The summed E-state index contributed by atoms with van der Waals surface area (Å²) in [4.78, 5) is 12.0. The Bertz CT molecular complexity index is 694. The summed E-state index contributed by atoms with van der Waals surface area (Å²) in [6.07, 6.45) is 0. The van der Waals surface area contributed by atoms with E-state index in [0.29, 0.717) is 9.50 Å². The lowest BCUT2D eigenvalue weighted by atomic mass is 10.2. The van der Waals surface area contributed by atoms with Crippen molar-refractivity contribution in [2.24, 2.45) is 0 Å². The number of hydrogen-bond donors (Lipinski definition) is 1. The van der Waals surface area contributed by atoms with Gasteiger partial charge in [0.05, 0.1) is 15.7 Å². The summed E-state index contributed by atoms with van der Waals surface area (Å²) < 4.78 is 27.4. The van der Waals surface area contributed by atoms with Crippen LogP contribution >= 0.6 is 43.5 Å². The second-order valence-electron chi connectivity index (χ2n) is 3.82. The van der Waals surface area contributed by atoms with E-state index in [2.05, 4.69) is 37.2 Å². The second-order valence-corrected chi connectivity index (χ2v) is 5.97. The number of nitrogens with one attached hydrogen (secondary N) is 1. The Balaban J connectivity index is 2.30. The van der Waals surface area contributed by atoms with E-state index >= 15 is 0 Å². The van der Waals surface area contributed by atoms with Gasteiger partial charge in [-0.3, -0.25) is 4.79 Å². The lowest BCUT2D eigenvalue weighted by Gasteiger charge is -2.09. The van der Waals surface area contributed by atoms with E-state index in [1.165, 1.54) is 18.2 Å². The monoisotopic (exact) mass is 423 g/mol. The maximum absolute atomic E-state index is 13.6. The number of hydrogen-bond acceptors (Lipinski definition) is 1. The summed E-state index contributed by atoms with van der Waals surface area (Å²) in [6.45, 7) is 0.